The first-order chi connectivity index (χ1) is 6.42. The second-order valence-electron chi connectivity index (χ2n) is 2.40. The van der Waals surface area contributed by atoms with Crippen LogP contribution in [0.5, 0.6) is 0 Å². The highest BCUT2D eigenvalue weighted by atomic mass is 32.1. The lowest BCUT2D eigenvalue weighted by Gasteiger charge is -2.01. The van der Waals surface area contributed by atoms with Gasteiger partial charge in [0.25, 0.3) is 0 Å². The van der Waals surface area contributed by atoms with Crippen molar-refractivity contribution >= 4 is 17.3 Å². The SMILES string of the molecule is COC(=O)c1cnc(CC(F)(F)F)s1. The molecule has 0 saturated carbocycles. The molecule has 14 heavy (non-hydrogen) atoms. The van der Waals surface area contributed by atoms with Gasteiger partial charge in [0.1, 0.15) is 9.88 Å². The molecule has 1 rings (SSSR count). The van der Waals surface area contributed by atoms with Crippen molar-refractivity contribution < 1.29 is 22.7 Å². The third-order valence-electron chi connectivity index (χ3n) is 1.29. The van der Waals surface area contributed by atoms with E-state index in [1.807, 2.05) is 0 Å². The van der Waals surface area contributed by atoms with Crippen LogP contribution in [-0.4, -0.2) is 24.2 Å². The highest BCUT2D eigenvalue weighted by Gasteiger charge is 2.29. The van der Waals surface area contributed by atoms with Gasteiger partial charge >= 0.3 is 12.1 Å². The molecule has 0 N–H and O–H groups in total. The normalized spacial score (nSPS) is 11.4. The minimum absolute atomic E-state index is 0.0757. The average Bonchev–Trinajstić information content (AvgIpc) is 2.48. The van der Waals surface area contributed by atoms with Crippen LogP contribution in [0.4, 0.5) is 13.2 Å². The van der Waals surface area contributed by atoms with Crippen molar-refractivity contribution in [3.05, 3.63) is 16.1 Å². The summed E-state index contributed by atoms with van der Waals surface area (Å²) in [5.41, 5.74) is 0. The molecule has 78 valence electrons. The van der Waals surface area contributed by atoms with E-state index in [9.17, 15) is 18.0 Å². The molecule has 0 unspecified atom stereocenters. The maximum atomic E-state index is 11.9. The number of halogens is 3. The molecule has 0 aliphatic rings. The monoisotopic (exact) mass is 225 g/mol. The van der Waals surface area contributed by atoms with E-state index in [2.05, 4.69) is 9.72 Å². The van der Waals surface area contributed by atoms with Crippen LogP contribution < -0.4 is 0 Å². The maximum absolute atomic E-state index is 11.9. The Labute approximate surface area is 81.5 Å². The van der Waals surface area contributed by atoms with Crippen molar-refractivity contribution in [2.45, 2.75) is 12.6 Å². The van der Waals surface area contributed by atoms with E-state index in [1.165, 1.54) is 0 Å². The first kappa shape index (κ1) is 11.0. The summed E-state index contributed by atoms with van der Waals surface area (Å²) in [5.74, 6) is -0.670. The standard InChI is InChI=1S/C7H6F3NO2S/c1-13-6(12)4-3-11-5(14-4)2-7(8,9)10/h3H,2H2,1H3. The van der Waals surface area contributed by atoms with Gasteiger partial charge in [-0.3, -0.25) is 0 Å². The van der Waals surface area contributed by atoms with Gasteiger partial charge in [-0.25, -0.2) is 9.78 Å². The molecule has 7 heteroatoms. The smallest absolute Gasteiger partial charge is 0.395 e. The molecule has 1 heterocycles. The molecule has 0 aliphatic heterocycles. The minimum Gasteiger partial charge on any atom is -0.465 e. The first-order valence-electron chi connectivity index (χ1n) is 3.52. The van der Waals surface area contributed by atoms with Gasteiger partial charge in [0.15, 0.2) is 0 Å². The number of carbonyl (C=O) groups excluding carboxylic acids is 1. The summed E-state index contributed by atoms with van der Waals surface area (Å²) >= 11 is 0.687. The van der Waals surface area contributed by atoms with Crippen LogP contribution in [0.15, 0.2) is 6.20 Å². The van der Waals surface area contributed by atoms with Gasteiger partial charge in [-0.15, -0.1) is 11.3 Å². The van der Waals surface area contributed by atoms with E-state index in [0.717, 1.165) is 13.3 Å². The fraction of sp³-hybridized carbons (Fsp3) is 0.429. The highest BCUT2D eigenvalue weighted by molar-refractivity contribution is 7.13. The molecule has 0 saturated heterocycles. The van der Waals surface area contributed by atoms with Crippen molar-refractivity contribution in [1.29, 1.82) is 0 Å². The molecule has 0 atom stereocenters. The lowest BCUT2D eigenvalue weighted by atomic mass is 10.4. The molecule has 0 radical (unpaired) electrons. The zero-order valence-electron chi connectivity index (χ0n) is 7.09. The third-order valence-corrected chi connectivity index (χ3v) is 2.27. The Bertz CT molecular complexity index is 334. The van der Waals surface area contributed by atoms with Gasteiger partial charge < -0.3 is 4.74 Å². The molecular formula is C7H6F3NO2S. The number of hydrogen-bond acceptors (Lipinski definition) is 4. The second kappa shape index (κ2) is 3.95. The summed E-state index contributed by atoms with van der Waals surface area (Å²) in [6.07, 6.45) is -4.34. The second-order valence-corrected chi connectivity index (χ2v) is 3.52. The summed E-state index contributed by atoms with van der Waals surface area (Å²) in [4.78, 5) is 14.4. The number of alkyl halides is 3. The Morgan fingerprint density at radius 3 is 2.79 bits per heavy atom. The molecule has 0 bridgehead atoms. The number of esters is 1. The lowest BCUT2D eigenvalue weighted by Crippen LogP contribution is -2.10. The number of hydrogen-bond donors (Lipinski definition) is 0. The van der Waals surface area contributed by atoms with Gasteiger partial charge in [-0.05, 0) is 0 Å². The van der Waals surface area contributed by atoms with Crippen LogP contribution in [0.25, 0.3) is 0 Å². The molecular weight excluding hydrogens is 219 g/mol. The number of methoxy groups -OCH3 is 1. The van der Waals surface area contributed by atoms with E-state index in [1.54, 1.807) is 0 Å². The van der Waals surface area contributed by atoms with Crippen molar-refractivity contribution in [2.24, 2.45) is 0 Å². The van der Waals surface area contributed by atoms with Crippen LogP contribution >= 0.6 is 11.3 Å². The van der Waals surface area contributed by atoms with Gasteiger partial charge in [0.2, 0.25) is 0 Å². The van der Waals surface area contributed by atoms with Gasteiger partial charge in [0, 0.05) is 0 Å². The van der Waals surface area contributed by atoms with E-state index >= 15 is 0 Å². The van der Waals surface area contributed by atoms with Crippen molar-refractivity contribution in [2.75, 3.05) is 7.11 Å². The summed E-state index contributed by atoms with van der Waals surface area (Å²) in [7, 11) is 1.16. The number of thiazole rings is 1. The van der Waals surface area contributed by atoms with Crippen LogP contribution in [-0.2, 0) is 11.2 Å². The average molecular weight is 225 g/mol. The zero-order chi connectivity index (χ0) is 10.8. The number of ether oxygens (including phenoxy) is 1. The zero-order valence-corrected chi connectivity index (χ0v) is 7.91. The first-order valence-corrected chi connectivity index (χ1v) is 4.34. The predicted molar refractivity (Wildman–Crippen MR) is 43.2 cm³/mol. The highest BCUT2D eigenvalue weighted by Crippen LogP contribution is 2.24. The molecule has 0 fully saturated rings. The summed E-state index contributed by atoms with van der Waals surface area (Å²) < 4.78 is 40.0. The maximum Gasteiger partial charge on any atom is 0.395 e. The van der Waals surface area contributed by atoms with Gasteiger partial charge in [0.05, 0.1) is 19.7 Å². The van der Waals surface area contributed by atoms with E-state index in [0.29, 0.717) is 11.3 Å². The van der Waals surface area contributed by atoms with Crippen LogP contribution in [0.3, 0.4) is 0 Å². The molecule has 1 aromatic heterocycles. The summed E-state index contributed by atoms with van der Waals surface area (Å²) in [6, 6.07) is 0. The largest absolute Gasteiger partial charge is 0.465 e. The van der Waals surface area contributed by atoms with Crippen LogP contribution in [0.2, 0.25) is 0 Å². The fourth-order valence-corrected chi connectivity index (χ4v) is 1.63. The lowest BCUT2D eigenvalue weighted by molar-refractivity contribution is -0.127. The predicted octanol–water partition coefficient (Wildman–Crippen LogP) is 2.03. The third kappa shape index (κ3) is 2.99. The van der Waals surface area contributed by atoms with Crippen LogP contribution in [0, 0.1) is 0 Å². The fourth-order valence-electron chi connectivity index (χ4n) is 0.758. The van der Waals surface area contributed by atoms with E-state index in [-0.39, 0.29) is 9.88 Å². The molecule has 0 amide bonds. The van der Waals surface area contributed by atoms with Crippen molar-refractivity contribution in [3.63, 3.8) is 0 Å². The Morgan fingerprint density at radius 1 is 1.64 bits per heavy atom. The minimum atomic E-state index is -4.30. The summed E-state index contributed by atoms with van der Waals surface area (Å²) in [6.45, 7) is 0. The Balaban J connectivity index is 2.74. The van der Waals surface area contributed by atoms with Crippen molar-refractivity contribution in [3.8, 4) is 0 Å². The van der Waals surface area contributed by atoms with Gasteiger partial charge in [-0.1, -0.05) is 0 Å². The van der Waals surface area contributed by atoms with Crippen LogP contribution in [0.1, 0.15) is 14.7 Å². The molecule has 0 spiro atoms. The molecule has 0 aliphatic carbocycles. The number of nitrogens with zero attached hydrogens (tertiary/aromatic N) is 1. The van der Waals surface area contributed by atoms with E-state index in [4.69, 9.17) is 0 Å². The molecule has 3 nitrogen and oxygen atoms in total. The quantitative estimate of drug-likeness (QED) is 0.723. The topological polar surface area (TPSA) is 39.2 Å². The number of carbonyl (C=O) groups is 1. The Hall–Kier alpha value is -1.11. The summed E-state index contributed by atoms with van der Waals surface area (Å²) in [5, 5.41) is -0.141. The van der Waals surface area contributed by atoms with Gasteiger partial charge in [-0.2, -0.15) is 13.2 Å². The number of aromatic nitrogens is 1. The van der Waals surface area contributed by atoms with Crippen molar-refractivity contribution in [1.82, 2.24) is 4.98 Å². The van der Waals surface area contributed by atoms with E-state index < -0.39 is 18.6 Å². The Morgan fingerprint density at radius 2 is 2.29 bits per heavy atom. The Kier molecular flexibility index (Phi) is 3.10. The molecule has 1 aromatic rings. The molecule has 0 aromatic carbocycles. The number of rotatable bonds is 2.